The van der Waals surface area contributed by atoms with E-state index in [0.29, 0.717) is 11.1 Å². The van der Waals surface area contributed by atoms with Crippen LogP contribution in [0.2, 0.25) is 0 Å². The Balaban J connectivity index is 1.48. The molecule has 4 aromatic rings. The third-order valence-corrected chi connectivity index (χ3v) is 9.18. The lowest BCUT2D eigenvalue weighted by molar-refractivity contribution is 0.104. The molecule has 9 nitrogen and oxygen atoms in total. The number of hydrogen-bond acceptors (Lipinski definition) is 7. The Bertz CT molecular complexity index is 1800. The number of phenols is 2. The number of fused-ring (bicyclic) bond motifs is 3. The van der Waals surface area contributed by atoms with E-state index in [9.17, 15) is 31.8 Å². The Kier molecular flexibility index (Phi) is 5.69. The Labute approximate surface area is 213 Å². The lowest BCUT2D eigenvalue weighted by Gasteiger charge is -2.20. The summed E-state index contributed by atoms with van der Waals surface area (Å²) in [6.45, 7) is 0. The number of nitrogens with one attached hydrogen (secondary N) is 1. The number of hydrogen-bond donors (Lipinski definition) is 3. The zero-order valence-electron chi connectivity index (χ0n) is 19.3. The predicted molar refractivity (Wildman–Crippen MR) is 138 cm³/mol. The second kappa shape index (κ2) is 8.64. The Hall–Kier alpha value is -4.35. The fourth-order valence-electron chi connectivity index (χ4n) is 4.13. The highest BCUT2D eigenvalue weighted by atomic mass is 32.2. The van der Waals surface area contributed by atoms with E-state index >= 15 is 0 Å². The standard InChI is InChI=1S/C26H20N2O7S2/c1-28(17-5-3-7-19(30)13-17)37(34,35)21-9-11-23-22-10-8-20(14-24(22)26(31)25(23)15-21)36(32,33)27-16-4-2-6-18(29)12-16/h2-15,27,29-30H,1H3. The largest absolute Gasteiger partial charge is 0.508 e. The van der Waals surface area contributed by atoms with E-state index in [2.05, 4.69) is 4.72 Å². The summed E-state index contributed by atoms with van der Waals surface area (Å²) in [6, 6.07) is 19.6. The minimum atomic E-state index is -4.08. The van der Waals surface area contributed by atoms with Gasteiger partial charge in [-0.25, -0.2) is 16.8 Å². The minimum Gasteiger partial charge on any atom is -0.508 e. The number of nitrogens with zero attached hydrogens (tertiary/aromatic N) is 1. The van der Waals surface area contributed by atoms with Gasteiger partial charge in [0.15, 0.2) is 5.78 Å². The minimum absolute atomic E-state index is 0.0940. The van der Waals surface area contributed by atoms with E-state index < -0.39 is 25.8 Å². The topological polar surface area (TPSA) is 141 Å². The molecule has 0 aromatic heterocycles. The van der Waals surface area contributed by atoms with Crippen molar-refractivity contribution in [2.45, 2.75) is 9.79 Å². The van der Waals surface area contributed by atoms with Crippen molar-refractivity contribution in [3.8, 4) is 22.6 Å². The first kappa shape index (κ1) is 24.3. The van der Waals surface area contributed by atoms with Crippen molar-refractivity contribution in [1.82, 2.24) is 0 Å². The van der Waals surface area contributed by atoms with Gasteiger partial charge in [0.1, 0.15) is 11.5 Å². The monoisotopic (exact) mass is 536 g/mol. The first-order valence-corrected chi connectivity index (χ1v) is 13.8. The maximum absolute atomic E-state index is 13.2. The molecule has 4 aromatic carbocycles. The summed E-state index contributed by atoms with van der Waals surface area (Å²) in [7, 11) is -6.80. The molecule has 0 saturated carbocycles. The fraction of sp³-hybridized carbons (Fsp3) is 0.0385. The van der Waals surface area contributed by atoms with E-state index in [1.54, 1.807) is 0 Å². The van der Waals surface area contributed by atoms with Crippen molar-refractivity contribution in [2.24, 2.45) is 0 Å². The van der Waals surface area contributed by atoms with Crippen LogP contribution in [0, 0.1) is 0 Å². The van der Waals surface area contributed by atoms with Crippen LogP contribution in [0.4, 0.5) is 11.4 Å². The van der Waals surface area contributed by atoms with Gasteiger partial charge in [-0.3, -0.25) is 13.8 Å². The van der Waals surface area contributed by atoms with Crippen LogP contribution in [0.25, 0.3) is 11.1 Å². The third kappa shape index (κ3) is 4.28. The van der Waals surface area contributed by atoms with Gasteiger partial charge in [0.25, 0.3) is 20.0 Å². The van der Waals surface area contributed by atoms with Crippen molar-refractivity contribution in [3.05, 3.63) is 96.1 Å². The molecule has 0 spiro atoms. The summed E-state index contributed by atoms with van der Waals surface area (Å²) in [4.78, 5) is 13.0. The number of rotatable bonds is 6. The summed E-state index contributed by atoms with van der Waals surface area (Å²) in [5.41, 5.74) is 1.64. The third-order valence-electron chi connectivity index (χ3n) is 6.02. The molecule has 0 atom stereocenters. The van der Waals surface area contributed by atoms with Crippen molar-refractivity contribution >= 4 is 37.2 Å². The second-order valence-corrected chi connectivity index (χ2v) is 12.0. The van der Waals surface area contributed by atoms with E-state index in [1.165, 1.54) is 92.0 Å². The first-order valence-electron chi connectivity index (χ1n) is 10.9. The summed E-state index contributed by atoms with van der Waals surface area (Å²) < 4.78 is 55.6. The molecule has 37 heavy (non-hydrogen) atoms. The molecule has 0 radical (unpaired) electrons. The van der Waals surface area contributed by atoms with Crippen molar-refractivity contribution in [1.29, 1.82) is 0 Å². The first-order chi connectivity index (χ1) is 17.5. The molecule has 11 heteroatoms. The molecule has 1 aliphatic rings. The van der Waals surface area contributed by atoms with Crippen LogP contribution in [0.5, 0.6) is 11.5 Å². The van der Waals surface area contributed by atoms with Gasteiger partial charge in [-0.2, -0.15) is 0 Å². The molecular formula is C26H20N2O7S2. The van der Waals surface area contributed by atoms with Gasteiger partial charge in [-0.05, 0) is 59.7 Å². The highest BCUT2D eigenvalue weighted by Gasteiger charge is 2.31. The summed E-state index contributed by atoms with van der Waals surface area (Å²) in [5.74, 6) is -0.708. The van der Waals surface area contributed by atoms with E-state index in [0.717, 1.165) is 4.31 Å². The normalized spacial score (nSPS) is 12.6. The van der Waals surface area contributed by atoms with Gasteiger partial charge >= 0.3 is 0 Å². The van der Waals surface area contributed by atoms with Crippen LogP contribution in [-0.2, 0) is 20.0 Å². The fourth-order valence-corrected chi connectivity index (χ4v) is 6.42. The van der Waals surface area contributed by atoms with Crippen molar-refractivity contribution in [2.75, 3.05) is 16.1 Å². The average Bonchev–Trinajstić information content (AvgIpc) is 3.14. The van der Waals surface area contributed by atoms with Crippen LogP contribution in [0.15, 0.2) is 94.7 Å². The number of carbonyl (C=O) groups is 1. The number of phenolic OH excluding ortho intramolecular Hbond substituents is 2. The van der Waals surface area contributed by atoms with Crippen LogP contribution in [-0.4, -0.2) is 39.9 Å². The average molecular weight is 537 g/mol. The Morgan fingerprint density at radius 2 is 1.24 bits per heavy atom. The van der Waals surface area contributed by atoms with Gasteiger partial charge in [-0.15, -0.1) is 0 Å². The number of anilines is 2. The summed E-state index contributed by atoms with van der Waals surface area (Å²) in [5, 5.41) is 19.3. The molecule has 3 N–H and O–H groups in total. The maximum atomic E-state index is 13.2. The molecule has 0 amide bonds. The molecular weight excluding hydrogens is 516 g/mol. The van der Waals surface area contributed by atoms with Crippen LogP contribution < -0.4 is 9.03 Å². The van der Waals surface area contributed by atoms with Gasteiger partial charge in [-0.1, -0.05) is 24.3 Å². The molecule has 188 valence electrons. The van der Waals surface area contributed by atoms with Crippen LogP contribution in [0.3, 0.4) is 0 Å². The molecule has 0 unspecified atom stereocenters. The molecule has 0 heterocycles. The molecule has 0 aliphatic heterocycles. The highest BCUT2D eigenvalue weighted by Crippen LogP contribution is 2.39. The smallest absolute Gasteiger partial charge is 0.264 e. The predicted octanol–water partition coefficient (Wildman–Crippen LogP) is 3.94. The molecule has 1 aliphatic carbocycles. The van der Waals surface area contributed by atoms with E-state index in [-0.39, 0.29) is 43.8 Å². The van der Waals surface area contributed by atoms with E-state index in [1.807, 2.05) is 0 Å². The Morgan fingerprint density at radius 3 is 1.86 bits per heavy atom. The molecule has 5 rings (SSSR count). The highest BCUT2D eigenvalue weighted by molar-refractivity contribution is 7.93. The number of ketones is 1. The van der Waals surface area contributed by atoms with Crippen LogP contribution in [0.1, 0.15) is 15.9 Å². The second-order valence-electron chi connectivity index (χ2n) is 8.39. The van der Waals surface area contributed by atoms with Gasteiger partial charge in [0.05, 0.1) is 21.2 Å². The lowest BCUT2D eigenvalue weighted by Crippen LogP contribution is -2.26. The molecule has 0 fully saturated rings. The molecule has 0 saturated heterocycles. The maximum Gasteiger partial charge on any atom is 0.264 e. The lowest BCUT2D eigenvalue weighted by atomic mass is 10.1. The van der Waals surface area contributed by atoms with E-state index in [4.69, 9.17) is 0 Å². The summed E-state index contributed by atoms with van der Waals surface area (Å²) in [6.07, 6.45) is 0. The van der Waals surface area contributed by atoms with Gasteiger partial charge in [0, 0.05) is 30.3 Å². The van der Waals surface area contributed by atoms with Gasteiger partial charge < -0.3 is 10.2 Å². The molecule has 0 bridgehead atoms. The zero-order chi connectivity index (χ0) is 26.5. The quantitative estimate of drug-likeness (QED) is 0.299. The Morgan fingerprint density at radius 1 is 0.676 bits per heavy atom. The van der Waals surface area contributed by atoms with Crippen molar-refractivity contribution in [3.63, 3.8) is 0 Å². The van der Waals surface area contributed by atoms with Crippen LogP contribution >= 0.6 is 0 Å². The van der Waals surface area contributed by atoms with Gasteiger partial charge in [0.2, 0.25) is 0 Å². The summed E-state index contributed by atoms with van der Waals surface area (Å²) >= 11 is 0. The SMILES string of the molecule is CN(c1cccc(O)c1)S(=O)(=O)c1ccc2c(c1)C(=O)c1cc(S(=O)(=O)Nc3cccc(O)c3)ccc1-2. The number of benzene rings is 4. The number of sulfonamides is 2. The number of carbonyl (C=O) groups excluding carboxylic acids is 1. The number of aromatic hydroxyl groups is 2. The van der Waals surface area contributed by atoms with Crippen molar-refractivity contribution < 1.29 is 31.8 Å². The zero-order valence-corrected chi connectivity index (χ0v) is 20.9.